The minimum Gasteiger partial charge on any atom is -0.492 e. The highest BCUT2D eigenvalue weighted by Crippen LogP contribution is 2.23. The number of para-hydroxylation sites is 2. The molecule has 8 nitrogen and oxygen atoms in total. The molecule has 142 valence electrons. The first-order valence-electron chi connectivity index (χ1n) is 8.31. The van der Waals surface area contributed by atoms with Gasteiger partial charge in [0.2, 0.25) is 0 Å². The Morgan fingerprint density at radius 2 is 1.89 bits per heavy atom. The first-order chi connectivity index (χ1) is 13.0. The fraction of sp³-hybridized carbons (Fsp3) is 0.211. The second-order valence-electron chi connectivity index (χ2n) is 5.42. The smallest absolute Gasteiger partial charge is 0.344 e. The number of carboxylic acids is 1. The number of carboxylic acid groups (broad SMARTS) is 1. The molecule has 3 N–H and O–H groups in total. The number of benzene rings is 2. The molecular weight excluding hydrogens is 350 g/mol. The van der Waals surface area contributed by atoms with Crippen LogP contribution in [0.2, 0.25) is 0 Å². The van der Waals surface area contributed by atoms with Crippen LogP contribution >= 0.6 is 0 Å². The molecule has 0 aliphatic heterocycles. The Morgan fingerprint density at radius 3 is 2.56 bits per heavy atom. The molecule has 0 aromatic heterocycles. The van der Waals surface area contributed by atoms with E-state index in [2.05, 4.69) is 15.8 Å². The van der Waals surface area contributed by atoms with Gasteiger partial charge in [-0.25, -0.2) is 15.0 Å². The minimum absolute atomic E-state index is 0.431. The zero-order valence-electron chi connectivity index (χ0n) is 15.0. The number of amides is 2. The Kier molecular flexibility index (Phi) is 7.18. The van der Waals surface area contributed by atoms with Crippen LogP contribution in [0.25, 0.3) is 0 Å². The monoisotopic (exact) mass is 371 g/mol. The third kappa shape index (κ3) is 6.35. The van der Waals surface area contributed by atoms with Crippen LogP contribution in [0, 0.1) is 0 Å². The summed E-state index contributed by atoms with van der Waals surface area (Å²) in [6.07, 6.45) is 0.521. The molecule has 2 rings (SSSR count). The number of urea groups is 1. The van der Waals surface area contributed by atoms with Crippen LogP contribution < -0.4 is 20.2 Å². The maximum atomic E-state index is 11.9. The molecule has 0 saturated heterocycles. The van der Waals surface area contributed by atoms with Crippen molar-refractivity contribution in [3.05, 3.63) is 54.1 Å². The number of nitrogens with one attached hydrogen (secondary N) is 2. The Morgan fingerprint density at radius 1 is 1.19 bits per heavy atom. The number of hydrogen-bond acceptors (Lipinski definition) is 5. The van der Waals surface area contributed by atoms with E-state index in [1.807, 2.05) is 13.0 Å². The lowest BCUT2D eigenvalue weighted by molar-refractivity contribution is -0.144. The first-order valence-corrected chi connectivity index (χ1v) is 8.31. The molecule has 2 amide bonds. The number of nitrogens with zero attached hydrogens (tertiary/aromatic N) is 1. The van der Waals surface area contributed by atoms with E-state index in [-0.39, 0.29) is 0 Å². The van der Waals surface area contributed by atoms with Gasteiger partial charge in [0.15, 0.2) is 6.10 Å². The summed E-state index contributed by atoms with van der Waals surface area (Å²) in [5.74, 6) is -0.0349. The number of ether oxygens (including phenoxy) is 2. The van der Waals surface area contributed by atoms with E-state index < -0.39 is 18.1 Å². The normalized spacial score (nSPS) is 11.6. The van der Waals surface area contributed by atoms with Gasteiger partial charge in [-0.2, -0.15) is 5.10 Å². The quantitative estimate of drug-likeness (QED) is 0.488. The predicted molar refractivity (Wildman–Crippen MR) is 102 cm³/mol. The Bertz CT molecular complexity index is 805. The van der Waals surface area contributed by atoms with Gasteiger partial charge in [-0.1, -0.05) is 12.1 Å². The molecule has 0 heterocycles. The largest absolute Gasteiger partial charge is 0.492 e. The fourth-order valence-corrected chi connectivity index (χ4v) is 2.05. The van der Waals surface area contributed by atoms with Crippen LogP contribution in [0.15, 0.2) is 53.6 Å². The molecule has 8 heteroatoms. The predicted octanol–water partition coefficient (Wildman–Crippen LogP) is 3.09. The topological polar surface area (TPSA) is 109 Å². The highest BCUT2D eigenvalue weighted by Gasteiger charge is 2.11. The zero-order chi connectivity index (χ0) is 19.6. The molecule has 2 aromatic rings. The maximum absolute atomic E-state index is 11.9. The summed E-state index contributed by atoms with van der Waals surface area (Å²) in [6, 6.07) is 13.2. The van der Waals surface area contributed by atoms with Crippen molar-refractivity contribution in [2.75, 3.05) is 11.9 Å². The third-order valence-corrected chi connectivity index (χ3v) is 3.36. The van der Waals surface area contributed by atoms with Crippen LogP contribution in [-0.4, -0.2) is 36.0 Å². The van der Waals surface area contributed by atoms with Crippen molar-refractivity contribution in [1.29, 1.82) is 0 Å². The molecule has 0 fully saturated rings. The van der Waals surface area contributed by atoms with Gasteiger partial charge >= 0.3 is 12.0 Å². The SMILES string of the molecule is CCOc1ccccc1NC(=O)N/N=C/c1ccc(O[C@@H](C)C(=O)O)cc1. The third-order valence-electron chi connectivity index (χ3n) is 3.36. The summed E-state index contributed by atoms with van der Waals surface area (Å²) >= 11 is 0. The molecule has 0 aliphatic rings. The van der Waals surface area contributed by atoms with Gasteiger partial charge in [-0.3, -0.25) is 0 Å². The second-order valence-corrected chi connectivity index (χ2v) is 5.42. The molecule has 27 heavy (non-hydrogen) atoms. The van der Waals surface area contributed by atoms with E-state index in [1.54, 1.807) is 42.5 Å². The van der Waals surface area contributed by atoms with Crippen molar-refractivity contribution in [2.24, 2.45) is 5.10 Å². The molecule has 0 aliphatic carbocycles. The van der Waals surface area contributed by atoms with E-state index in [1.165, 1.54) is 13.1 Å². The van der Waals surface area contributed by atoms with Gasteiger partial charge in [-0.15, -0.1) is 0 Å². The number of carbonyl (C=O) groups is 2. The van der Waals surface area contributed by atoms with E-state index in [0.717, 1.165) is 0 Å². The molecule has 0 saturated carbocycles. The first kappa shape index (κ1) is 19.8. The molecule has 0 unspecified atom stereocenters. The number of hydrazone groups is 1. The lowest BCUT2D eigenvalue weighted by Crippen LogP contribution is -2.24. The minimum atomic E-state index is -1.04. The van der Waals surface area contributed by atoms with Gasteiger partial charge in [-0.05, 0) is 55.8 Å². The lowest BCUT2D eigenvalue weighted by atomic mass is 10.2. The highest BCUT2D eigenvalue weighted by molar-refractivity contribution is 5.91. The number of anilines is 1. The number of carbonyl (C=O) groups excluding carboxylic acids is 1. The van der Waals surface area contributed by atoms with Gasteiger partial charge in [0.1, 0.15) is 11.5 Å². The van der Waals surface area contributed by atoms with E-state index >= 15 is 0 Å². The average Bonchev–Trinajstić information content (AvgIpc) is 2.65. The molecule has 1 atom stereocenters. The van der Waals surface area contributed by atoms with Crippen molar-refractivity contribution in [1.82, 2.24) is 5.43 Å². The van der Waals surface area contributed by atoms with E-state index in [4.69, 9.17) is 14.6 Å². The number of hydrogen-bond donors (Lipinski definition) is 3. The summed E-state index contributed by atoms with van der Waals surface area (Å²) < 4.78 is 10.7. The fourth-order valence-electron chi connectivity index (χ4n) is 2.05. The Balaban J connectivity index is 1.88. The lowest BCUT2D eigenvalue weighted by Gasteiger charge is -2.10. The molecule has 0 radical (unpaired) electrons. The van der Waals surface area contributed by atoms with Crippen LogP contribution in [0.4, 0.5) is 10.5 Å². The van der Waals surface area contributed by atoms with Crippen molar-refractivity contribution in [3.63, 3.8) is 0 Å². The summed E-state index contributed by atoms with van der Waals surface area (Å²) in [7, 11) is 0. The van der Waals surface area contributed by atoms with Gasteiger partial charge in [0, 0.05) is 0 Å². The van der Waals surface area contributed by atoms with Gasteiger partial charge < -0.3 is 19.9 Å². The second kappa shape index (κ2) is 9.81. The standard InChI is InChI=1S/C19H21N3O5/c1-3-26-17-7-5-4-6-16(17)21-19(25)22-20-12-14-8-10-15(11-9-14)27-13(2)18(23)24/h4-13H,3H2,1-2H3,(H,23,24)(H2,21,22,25)/b20-12+/t13-/m0/s1. The van der Waals surface area contributed by atoms with Crippen molar-refractivity contribution >= 4 is 23.9 Å². The van der Waals surface area contributed by atoms with Crippen LogP contribution in [0.1, 0.15) is 19.4 Å². The number of aliphatic carboxylic acids is 1. The molecular formula is C19H21N3O5. The average molecular weight is 371 g/mol. The van der Waals surface area contributed by atoms with Gasteiger partial charge in [0.05, 0.1) is 18.5 Å². The number of rotatable bonds is 8. The highest BCUT2D eigenvalue weighted by atomic mass is 16.5. The van der Waals surface area contributed by atoms with Crippen molar-refractivity contribution < 1.29 is 24.2 Å². The molecule has 0 bridgehead atoms. The van der Waals surface area contributed by atoms with Crippen molar-refractivity contribution in [2.45, 2.75) is 20.0 Å². The summed E-state index contributed by atoms with van der Waals surface area (Å²) in [4.78, 5) is 22.7. The summed E-state index contributed by atoms with van der Waals surface area (Å²) in [5, 5.41) is 15.3. The van der Waals surface area contributed by atoms with E-state index in [9.17, 15) is 9.59 Å². The maximum Gasteiger partial charge on any atom is 0.344 e. The Labute approximate surface area is 156 Å². The summed E-state index contributed by atoms with van der Waals surface area (Å²) in [5.41, 5.74) is 3.62. The van der Waals surface area contributed by atoms with Crippen LogP contribution in [0.3, 0.4) is 0 Å². The molecule has 2 aromatic carbocycles. The van der Waals surface area contributed by atoms with Crippen molar-refractivity contribution in [3.8, 4) is 11.5 Å². The zero-order valence-corrected chi connectivity index (χ0v) is 15.0. The van der Waals surface area contributed by atoms with E-state index in [0.29, 0.717) is 29.4 Å². The summed E-state index contributed by atoms with van der Waals surface area (Å²) in [6.45, 7) is 3.80. The van der Waals surface area contributed by atoms with Crippen LogP contribution in [-0.2, 0) is 4.79 Å². The van der Waals surface area contributed by atoms with Crippen LogP contribution in [0.5, 0.6) is 11.5 Å². The Hall–Kier alpha value is -3.55. The van der Waals surface area contributed by atoms with Gasteiger partial charge in [0.25, 0.3) is 0 Å². The molecule has 0 spiro atoms.